The van der Waals surface area contributed by atoms with Gasteiger partial charge in [0.1, 0.15) is 6.04 Å². The molecule has 0 bridgehead atoms. The van der Waals surface area contributed by atoms with E-state index in [2.05, 4.69) is 6.58 Å². The Bertz CT molecular complexity index is 210. The van der Waals surface area contributed by atoms with Crippen LogP contribution in [0.25, 0.3) is 0 Å². The Morgan fingerprint density at radius 1 is 1.41 bits per heavy atom. The Morgan fingerprint density at radius 2 is 2.18 bits per heavy atom. The zero-order chi connectivity index (χ0) is 12.9. The van der Waals surface area contributed by atoms with Crippen molar-refractivity contribution in [3.05, 3.63) is 12.7 Å². The van der Waals surface area contributed by atoms with E-state index in [1.807, 2.05) is 17.8 Å². The Labute approximate surface area is 109 Å². The zero-order valence-electron chi connectivity index (χ0n) is 10.8. The summed E-state index contributed by atoms with van der Waals surface area (Å²) < 4.78 is 4.84. The minimum Gasteiger partial charge on any atom is -0.465 e. The molecular formula is C13H25NO2S. The monoisotopic (exact) mass is 259 g/mol. The van der Waals surface area contributed by atoms with Gasteiger partial charge in [0.15, 0.2) is 0 Å². The maximum Gasteiger partial charge on any atom is 0.322 e. The van der Waals surface area contributed by atoms with Crippen LogP contribution in [-0.2, 0) is 9.53 Å². The molecule has 3 nitrogen and oxygen atoms in total. The van der Waals surface area contributed by atoms with Gasteiger partial charge in [-0.05, 0) is 44.1 Å². The normalized spacial score (nSPS) is 12.1. The summed E-state index contributed by atoms with van der Waals surface area (Å²) in [7, 11) is 0. The van der Waals surface area contributed by atoms with Crippen molar-refractivity contribution < 1.29 is 9.53 Å². The van der Waals surface area contributed by atoms with Crippen LogP contribution in [0.4, 0.5) is 0 Å². The van der Waals surface area contributed by atoms with E-state index >= 15 is 0 Å². The van der Waals surface area contributed by atoms with Crippen molar-refractivity contribution in [3.8, 4) is 0 Å². The van der Waals surface area contributed by atoms with Crippen molar-refractivity contribution >= 4 is 17.7 Å². The van der Waals surface area contributed by atoms with E-state index in [-0.39, 0.29) is 5.97 Å². The Morgan fingerprint density at radius 3 is 2.82 bits per heavy atom. The lowest BCUT2D eigenvalue weighted by molar-refractivity contribution is -0.144. The summed E-state index contributed by atoms with van der Waals surface area (Å²) in [5.74, 6) is 1.80. The van der Waals surface area contributed by atoms with Crippen LogP contribution in [0.15, 0.2) is 12.7 Å². The molecule has 0 fully saturated rings. The van der Waals surface area contributed by atoms with Crippen molar-refractivity contribution in [2.45, 2.75) is 45.1 Å². The summed E-state index contributed by atoms with van der Waals surface area (Å²) in [6.07, 6.45) is 7.49. The number of ether oxygens (including phenoxy) is 1. The van der Waals surface area contributed by atoms with Gasteiger partial charge in [0.25, 0.3) is 0 Å². The summed E-state index contributed by atoms with van der Waals surface area (Å²) in [4.78, 5) is 11.2. The zero-order valence-corrected chi connectivity index (χ0v) is 11.6. The fourth-order valence-electron chi connectivity index (χ4n) is 1.35. The Balaban J connectivity index is 3.27. The number of nitrogens with two attached hydrogens (primary N) is 1. The molecule has 0 saturated carbocycles. The number of thioether (sulfide) groups is 1. The van der Waals surface area contributed by atoms with Crippen LogP contribution in [0, 0.1) is 0 Å². The summed E-state index contributed by atoms with van der Waals surface area (Å²) in [6.45, 7) is 5.90. The minimum absolute atomic E-state index is 0.279. The summed E-state index contributed by atoms with van der Waals surface area (Å²) in [5.41, 5.74) is 5.68. The largest absolute Gasteiger partial charge is 0.465 e. The van der Waals surface area contributed by atoms with Crippen molar-refractivity contribution in [3.63, 3.8) is 0 Å². The van der Waals surface area contributed by atoms with E-state index < -0.39 is 6.04 Å². The Hall–Kier alpha value is -0.480. The predicted molar refractivity (Wildman–Crippen MR) is 75.2 cm³/mol. The average molecular weight is 259 g/mol. The van der Waals surface area contributed by atoms with E-state index in [0.717, 1.165) is 17.9 Å². The van der Waals surface area contributed by atoms with Crippen molar-refractivity contribution in [1.82, 2.24) is 0 Å². The highest BCUT2D eigenvalue weighted by atomic mass is 32.2. The number of carbonyl (C=O) groups is 1. The van der Waals surface area contributed by atoms with Crippen LogP contribution < -0.4 is 5.73 Å². The minimum atomic E-state index is -0.455. The van der Waals surface area contributed by atoms with E-state index in [1.54, 1.807) is 6.92 Å². The van der Waals surface area contributed by atoms with Gasteiger partial charge in [-0.2, -0.15) is 11.8 Å². The molecule has 0 radical (unpaired) electrons. The molecule has 0 amide bonds. The molecule has 0 aromatic heterocycles. The van der Waals surface area contributed by atoms with Gasteiger partial charge >= 0.3 is 5.97 Å². The van der Waals surface area contributed by atoms with E-state index in [0.29, 0.717) is 13.0 Å². The molecule has 4 heteroatoms. The molecule has 100 valence electrons. The number of rotatable bonds is 11. The second-order valence-electron chi connectivity index (χ2n) is 3.90. The number of carbonyl (C=O) groups excluding carboxylic acids is 1. The fraction of sp³-hybridized carbons (Fsp3) is 0.769. The van der Waals surface area contributed by atoms with Gasteiger partial charge in [0.2, 0.25) is 0 Å². The molecule has 1 atom stereocenters. The molecule has 0 aliphatic rings. The van der Waals surface area contributed by atoms with E-state index in [1.165, 1.54) is 19.3 Å². The predicted octanol–water partition coefficient (Wildman–Crippen LogP) is 2.75. The fourth-order valence-corrected chi connectivity index (χ4v) is 2.38. The first-order chi connectivity index (χ1) is 8.22. The van der Waals surface area contributed by atoms with Gasteiger partial charge in [-0.1, -0.05) is 12.5 Å². The molecule has 1 unspecified atom stereocenters. The van der Waals surface area contributed by atoms with Crippen LogP contribution in [0.5, 0.6) is 0 Å². The number of esters is 1. The third-order valence-corrected chi connectivity index (χ3v) is 3.46. The summed E-state index contributed by atoms with van der Waals surface area (Å²) in [5, 5.41) is 0. The first kappa shape index (κ1) is 16.5. The third-order valence-electron chi connectivity index (χ3n) is 2.36. The van der Waals surface area contributed by atoms with Gasteiger partial charge in [0, 0.05) is 0 Å². The standard InChI is InChI=1S/C13H25NO2S/c1-3-5-6-7-8-10-17-11-9-12(14)13(15)16-4-2/h3,12H,1,4-11,14H2,2H3. The molecule has 0 saturated heterocycles. The molecule has 0 aromatic rings. The quantitative estimate of drug-likeness (QED) is 0.352. The smallest absolute Gasteiger partial charge is 0.322 e. The van der Waals surface area contributed by atoms with Gasteiger partial charge in [-0.3, -0.25) is 4.79 Å². The number of hydrogen-bond acceptors (Lipinski definition) is 4. The number of allylic oxidation sites excluding steroid dienone is 1. The van der Waals surface area contributed by atoms with Gasteiger partial charge < -0.3 is 10.5 Å². The van der Waals surface area contributed by atoms with Crippen LogP contribution in [-0.4, -0.2) is 30.1 Å². The first-order valence-corrected chi connectivity index (χ1v) is 7.48. The maximum atomic E-state index is 11.2. The van der Waals surface area contributed by atoms with Crippen LogP contribution >= 0.6 is 11.8 Å². The van der Waals surface area contributed by atoms with Gasteiger partial charge in [0.05, 0.1) is 6.61 Å². The second kappa shape index (κ2) is 12.0. The number of hydrogen-bond donors (Lipinski definition) is 1. The molecule has 0 spiro atoms. The van der Waals surface area contributed by atoms with E-state index in [9.17, 15) is 4.79 Å². The molecule has 17 heavy (non-hydrogen) atoms. The average Bonchev–Trinajstić information content (AvgIpc) is 2.32. The SMILES string of the molecule is C=CCCCCCSCCC(N)C(=O)OCC. The lowest BCUT2D eigenvalue weighted by Crippen LogP contribution is -2.32. The molecule has 0 aliphatic heterocycles. The van der Waals surface area contributed by atoms with Crippen LogP contribution in [0.2, 0.25) is 0 Å². The second-order valence-corrected chi connectivity index (χ2v) is 5.12. The highest BCUT2D eigenvalue weighted by Crippen LogP contribution is 2.10. The third kappa shape index (κ3) is 10.4. The topological polar surface area (TPSA) is 52.3 Å². The lowest BCUT2D eigenvalue weighted by Gasteiger charge is -2.09. The lowest BCUT2D eigenvalue weighted by atomic mass is 10.2. The van der Waals surface area contributed by atoms with Crippen molar-refractivity contribution in [1.29, 1.82) is 0 Å². The van der Waals surface area contributed by atoms with Crippen LogP contribution in [0.1, 0.15) is 39.0 Å². The maximum absolute atomic E-state index is 11.2. The van der Waals surface area contributed by atoms with Gasteiger partial charge in [-0.15, -0.1) is 6.58 Å². The molecule has 0 rings (SSSR count). The van der Waals surface area contributed by atoms with Crippen LogP contribution in [0.3, 0.4) is 0 Å². The summed E-state index contributed by atoms with van der Waals surface area (Å²) in [6, 6.07) is -0.455. The Kier molecular flexibility index (Phi) is 11.7. The van der Waals surface area contributed by atoms with E-state index in [4.69, 9.17) is 10.5 Å². The highest BCUT2D eigenvalue weighted by molar-refractivity contribution is 7.99. The number of unbranched alkanes of at least 4 members (excludes halogenated alkanes) is 3. The molecule has 0 aliphatic carbocycles. The molecular weight excluding hydrogens is 234 g/mol. The van der Waals surface area contributed by atoms with Gasteiger partial charge in [-0.25, -0.2) is 0 Å². The first-order valence-electron chi connectivity index (χ1n) is 6.33. The van der Waals surface area contributed by atoms with Crippen molar-refractivity contribution in [2.24, 2.45) is 5.73 Å². The molecule has 0 aromatic carbocycles. The highest BCUT2D eigenvalue weighted by Gasteiger charge is 2.13. The summed E-state index contributed by atoms with van der Waals surface area (Å²) >= 11 is 1.86. The molecule has 2 N–H and O–H groups in total. The molecule has 0 heterocycles. The van der Waals surface area contributed by atoms with Crippen molar-refractivity contribution in [2.75, 3.05) is 18.1 Å².